The largest absolute Gasteiger partial charge is 0.466 e. The Bertz CT molecular complexity index is 285. The summed E-state index contributed by atoms with van der Waals surface area (Å²) < 4.78 is 26.2. The average molecular weight is 377 g/mol. The third-order valence-electron chi connectivity index (χ3n) is 3.86. The number of hydrogen-bond donors (Lipinski definition) is 0. The molecule has 0 aliphatic heterocycles. The monoisotopic (exact) mass is 376 g/mol. The first-order valence-electron chi connectivity index (χ1n) is 10.2. The summed E-state index contributed by atoms with van der Waals surface area (Å²) >= 11 is 0. The highest BCUT2D eigenvalue weighted by atomic mass is 16.6. The zero-order chi connectivity index (χ0) is 19.1. The van der Waals surface area contributed by atoms with Crippen molar-refractivity contribution in [3.8, 4) is 0 Å². The summed E-state index contributed by atoms with van der Waals surface area (Å²) in [6.07, 6.45) is 9.70. The van der Waals surface area contributed by atoms with Crippen molar-refractivity contribution in [3.05, 3.63) is 0 Å². The first-order valence-corrected chi connectivity index (χ1v) is 10.2. The molecule has 0 radical (unpaired) electrons. The van der Waals surface area contributed by atoms with Crippen molar-refractivity contribution in [2.75, 3.05) is 60.0 Å². The van der Waals surface area contributed by atoms with Gasteiger partial charge in [-0.2, -0.15) is 0 Å². The fraction of sp³-hybridized carbons (Fsp3) is 0.950. The van der Waals surface area contributed by atoms with Gasteiger partial charge >= 0.3 is 5.97 Å². The number of carbonyl (C=O) groups excluding carboxylic acids is 1. The second kappa shape index (κ2) is 22.4. The number of methoxy groups -OCH3 is 1. The fourth-order valence-electron chi connectivity index (χ4n) is 2.32. The van der Waals surface area contributed by atoms with E-state index in [2.05, 4.69) is 6.92 Å². The number of rotatable bonds is 21. The fourth-order valence-corrected chi connectivity index (χ4v) is 2.32. The summed E-state index contributed by atoms with van der Waals surface area (Å²) in [5.41, 5.74) is 0. The van der Waals surface area contributed by atoms with E-state index < -0.39 is 0 Å². The molecule has 6 heteroatoms. The molecule has 0 atom stereocenters. The molecule has 0 unspecified atom stereocenters. The first kappa shape index (κ1) is 25.3. The van der Waals surface area contributed by atoms with E-state index in [0.717, 1.165) is 12.8 Å². The van der Waals surface area contributed by atoms with Crippen LogP contribution in [0.5, 0.6) is 0 Å². The molecule has 26 heavy (non-hydrogen) atoms. The van der Waals surface area contributed by atoms with Crippen LogP contribution in [0.2, 0.25) is 0 Å². The Hall–Kier alpha value is -0.690. The van der Waals surface area contributed by atoms with Gasteiger partial charge in [0.25, 0.3) is 0 Å². The maximum Gasteiger partial charge on any atom is 0.305 e. The van der Waals surface area contributed by atoms with Gasteiger partial charge in [-0.3, -0.25) is 4.79 Å². The zero-order valence-corrected chi connectivity index (χ0v) is 17.0. The minimum absolute atomic E-state index is 0.121. The van der Waals surface area contributed by atoms with Gasteiger partial charge < -0.3 is 23.7 Å². The number of ether oxygens (including phenoxy) is 5. The summed E-state index contributed by atoms with van der Waals surface area (Å²) in [7, 11) is 1.65. The quantitative estimate of drug-likeness (QED) is 0.224. The van der Waals surface area contributed by atoms with E-state index in [0.29, 0.717) is 65.7 Å². The Morgan fingerprint density at radius 2 is 1.15 bits per heavy atom. The van der Waals surface area contributed by atoms with Gasteiger partial charge in [-0.25, -0.2) is 0 Å². The van der Waals surface area contributed by atoms with Crippen molar-refractivity contribution < 1.29 is 28.5 Å². The second-order valence-corrected chi connectivity index (χ2v) is 6.28. The van der Waals surface area contributed by atoms with E-state index in [1.165, 1.54) is 32.1 Å². The van der Waals surface area contributed by atoms with Crippen molar-refractivity contribution in [3.63, 3.8) is 0 Å². The van der Waals surface area contributed by atoms with Gasteiger partial charge in [0.1, 0.15) is 0 Å². The van der Waals surface area contributed by atoms with E-state index in [1.54, 1.807) is 7.11 Å². The molecule has 6 nitrogen and oxygen atoms in total. The molecule has 0 aliphatic carbocycles. The lowest BCUT2D eigenvalue weighted by Crippen LogP contribution is -2.12. The molecule has 0 heterocycles. The van der Waals surface area contributed by atoms with E-state index in [-0.39, 0.29) is 5.97 Å². The third kappa shape index (κ3) is 21.4. The maximum absolute atomic E-state index is 11.6. The summed E-state index contributed by atoms with van der Waals surface area (Å²) in [4.78, 5) is 11.6. The van der Waals surface area contributed by atoms with Crippen molar-refractivity contribution in [2.45, 2.75) is 64.7 Å². The molecule has 156 valence electrons. The van der Waals surface area contributed by atoms with Crippen LogP contribution in [-0.2, 0) is 28.5 Å². The van der Waals surface area contributed by atoms with E-state index >= 15 is 0 Å². The number of carbonyl (C=O) groups is 1. The molecule has 0 fully saturated rings. The molecular formula is C20H40O6. The summed E-state index contributed by atoms with van der Waals surface area (Å²) in [5.74, 6) is -0.121. The van der Waals surface area contributed by atoms with Crippen molar-refractivity contribution in [1.82, 2.24) is 0 Å². The van der Waals surface area contributed by atoms with Gasteiger partial charge in [-0.05, 0) is 12.8 Å². The third-order valence-corrected chi connectivity index (χ3v) is 3.86. The van der Waals surface area contributed by atoms with Crippen LogP contribution < -0.4 is 0 Å². The van der Waals surface area contributed by atoms with Crippen molar-refractivity contribution in [2.24, 2.45) is 0 Å². The molecular weight excluding hydrogens is 336 g/mol. The lowest BCUT2D eigenvalue weighted by Gasteiger charge is -2.07. The average Bonchev–Trinajstić information content (AvgIpc) is 2.65. The molecule has 0 bridgehead atoms. The molecule has 0 rings (SSSR count). The van der Waals surface area contributed by atoms with E-state index in [9.17, 15) is 4.79 Å². The predicted octanol–water partition coefficient (Wildman–Crippen LogP) is 3.76. The van der Waals surface area contributed by atoms with E-state index in [1.807, 2.05) is 0 Å². The number of hydrogen-bond acceptors (Lipinski definition) is 6. The van der Waals surface area contributed by atoms with Crippen LogP contribution in [0.15, 0.2) is 0 Å². The van der Waals surface area contributed by atoms with Crippen LogP contribution in [0.3, 0.4) is 0 Å². The van der Waals surface area contributed by atoms with Gasteiger partial charge in [0, 0.05) is 20.1 Å². The highest BCUT2D eigenvalue weighted by Crippen LogP contribution is 2.07. The summed E-state index contributed by atoms with van der Waals surface area (Å²) in [5, 5.41) is 0. The summed E-state index contributed by atoms with van der Waals surface area (Å²) in [6, 6.07) is 0. The Labute approximate surface area is 159 Å². The minimum Gasteiger partial charge on any atom is -0.466 e. The van der Waals surface area contributed by atoms with Crippen LogP contribution in [0.1, 0.15) is 64.7 Å². The Morgan fingerprint density at radius 3 is 1.77 bits per heavy atom. The van der Waals surface area contributed by atoms with Crippen molar-refractivity contribution >= 4 is 5.97 Å². The minimum atomic E-state index is -0.121. The van der Waals surface area contributed by atoms with E-state index in [4.69, 9.17) is 23.7 Å². The SMILES string of the molecule is CCCCCCCCCOC(=O)CCCOCCOCCOCCOC. The standard InChI is InChI=1S/C20H40O6/c1-3-4-5-6-7-8-9-13-26-20(21)11-10-12-23-16-17-25-19-18-24-15-14-22-2/h3-19H2,1-2H3. The topological polar surface area (TPSA) is 63.2 Å². The Kier molecular flexibility index (Phi) is 21.8. The number of esters is 1. The molecule has 0 amide bonds. The van der Waals surface area contributed by atoms with Crippen LogP contribution in [0.4, 0.5) is 0 Å². The van der Waals surface area contributed by atoms with Crippen LogP contribution in [0, 0.1) is 0 Å². The van der Waals surface area contributed by atoms with Crippen molar-refractivity contribution in [1.29, 1.82) is 0 Å². The van der Waals surface area contributed by atoms with Gasteiger partial charge in [0.2, 0.25) is 0 Å². The maximum atomic E-state index is 11.6. The smallest absolute Gasteiger partial charge is 0.305 e. The van der Waals surface area contributed by atoms with Gasteiger partial charge in [-0.15, -0.1) is 0 Å². The lowest BCUT2D eigenvalue weighted by molar-refractivity contribution is -0.144. The molecule has 0 saturated heterocycles. The highest BCUT2D eigenvalue weighted by molar-refractivity contribution is 5.69. The predicted molar refractivity (Wildman–Crippen MR) is 103 cm³/mol. The molecule has 0 spiro atoms. The molecule has 0 aliphatic rings. The Morgan fingerprint density at radius 1 is 0.615 bits per heavy atom. The number of unbranched alkanes of at least 4 members (excludes halogenated alkanes) is 6. The molecule has 0 aromatic rings. The second-order valence-electron chi connectivity index (χ2n) is 6.28. The molecule has 0 N–H and O–H groups in total. The molecule has 0 aromatic carbocycles. The lowest BCUT2D eigenvalue weighted by atomic mass is 10.1. The van der Waals surface area contributed by atoms with Crippen LogP contribution >= 0.6 is 0 Å². The summed E-state index contributed by atoms with van der Waals surface area (Å²) in [6.45, 7) is 6.71. The highest BCUT2D eigenvalue weighted by Gasteiger charge is 2.02. The van der Waals surface area contributed by atoms with Gasteiger partial charge in [0.15, 0.2) is 0 Å². The Balaban J connectivity index is 3.13. The molecule has 0 saturated carbocycles. The molecule has 0 aromatic heterocycles. The van der Waals surface area contributed by atoms with Gasteiger partial charge in [-0.1, -0.05) is 45.4 Å². The zero-order valence-electron chi connectivity index (χ0n) is 17.0. The van der Waals surface area contributed by atoms with Gasteiger partial charge in [0.05, 0.1) is 46.2 Å². The normalized spacial score (nSPS) is 11.0. The van der Waals surface area contributed by atoms with Crippen LogP contribution in [-0.4, -0.2) is 65.9 Å². The first-order chi connectivity index (χ1) is 12.8. The van der Waals surface area contributed by atoms with Crippen LogP contribution in [0.25, 0.3) is 0 Å².